The Kier molecular flexibility index (Phi) is 8.25. The van der Waals surface area contributed by atoms with Gasteiger partial charge in [0.05, 0.1) is 27.7 Å². The number of carbonyl (C=O) groups excluding carboxylic acids is 1. The number of thiazole rings is 1. The highest BCUT2D eigenvalue weighted by molar-refractivity contribution is 7.98. The second-order valence-electron chi connectivity index (χ2n) is 9.56. The van der Waals surface area contributed by atoms with Crippen molar-refractivity contribution in [2.75, 3.05) is 13.1 Å². The summed E-state index contributed by atoms with van der Waals surface area (Å²) >= 11 is 15.4. The number of rotatable bonds is 8. The maximum absolute atomic E-state index is 13.2. The van der Waals surface area contributed by atoms with Crippen LogP contribution in [0.4, 0.5) is 0 Å². The molecule has 0 atom stereocenters. The van der Waals surface area contributed by atoms with Crippen LogP contribution in [0.15, 0.2) is 81.9 Å². The molecule has 1 amide bonds. The van der Waals surface area contributed by atoms with Gasteiger partial charge in [-0.25, -0.2) is 4.98 Å². The molecule has 0 unspecified atom stereocenters. The lowest BCUT2D eigenvalue weighted by atomic mass is 9.90. The third-order valence-electron chi connectivity index (χ3n) is 6.90. The van der Waals surface area contributed by atoms with Crippen molar-refractivity contribution in [3.63, 3.8) is 0 Å². The lowest BCUT2D eigenvalue weighted by molar-refractivity contribution is 0.0685. The summed E-state index contributed by atoms with van der Waals surface area (Å²) in [5.41, 5.74) is 2.63. The van der Waals surface area contributed by atoms with Crippen molar-refractivity contribution in [3.05, 3.63) is 98.6 Å². The predicted octanol–water partition coefficient (Wildman–Crippen LogP) is 7.68. The molecule has 1 fully saturated rings. The summed E-state index contributed by atoms with van der Waals surface area (Å²) in [5.74, 6) is 2.28. The molecule has 0 N–H and O–H groups in total. The van der Waals surface area contributed by atoms with E-state index in [9.17, 15) is 4.79 Å². The van der Waals surface area contributed by atoms with Crippen LogP contribution in [0.2, 0.25) is 10.0 Å². The number of benzene rings is 2. The Bertz CT molecular complexity index is 1600. The monoisotopic (exact) mass is 609 g/mol. The van der Waals surface area contributed by atoms with Gasteiger partial charge in [-0.1, -0.05) is 65.3 Å². The second kappa shape index (κ2) is 12.2. The largest absolute Gasteiger partial charge is 0.461 e. The molecule has 0 bridgehead atoms. The molecule has 7 nitrogen and oxygen atoms in total. The van der Waals surface area contributed by atoms with Gasteiger partial charge in [-0.15, -0.1) is 21.5 Å². The smallest absolute Gasteiger partial charge is 0.273 e. The van der Waals surface area contributed by atoms with E-state index in [1.54, 1.807) is 24.5 Å². The van der Waals surface area contributed by atoms with Crippen LogP contribution >= 0.6 is 46.3 Å². The molecule has 0 spiro atoms. The van der Waals surface area contributed by atoms with E-state index in [0.717, 1.165) is 43.0 Å². The van der Waals surface area contributed by atoms with Crippen LogP contribution in [0.3, 0.4) is 0 Å². The van der Waals surface area contributed by atoms with E-state index in [0.29, 0.717) is 44.2 Å². The van der Waals surface area contributed by atoms with Gasteiger partial charge < -0.3 is 9.32 Å². The number of aromatic nitrogens is 4. The Morgan fingerprint density at radius 2 is 1.85 bits per heavy atom. The molecule has 0 saturated carbocycles. The molecule has 4 heterocycles. The van der Waals surface area contributed by atoms with Crippen molar-refractivity contribution < 1.29 is 9.21 Å². The van der Waals surface area contributed by atoms with E-state index in [1.807, 2.05) is 33.0 Å². The Hall–Kier alpha value is -3.11. The number of carbonyl (C=O) groups is 1. The first-order valence-electron chi connectivity index (χ1n) is 12.9. The highest BCUT2D eigenvalue weighted by Gasteiger charge is 2.26. The van der Waals surface area contributed by atoms with E-state index in [-0.39, 0.29) is 5.91 Å². The molecule has 40 heavy (non-hydrogen) atoms. The second-order valence-corrected chi connectivity index (χ2v) is 12.3. The maximum atomic E-state index is 13.2. The molecular weight excluding hydrogens is 585 g/mol. The summed E-state index contributed by atoms with van der Waals surface area (Å²) in [6, 6.07) is 19.6. The lowest BCUT2D eigenvalue weighted by Crippen LogP contribution is -2.39. The van der Waals surface area contributed by atoms with Crippen LogP contribution in [-0.4, -0.2) is 43.6 Å². The fraction of sp³-hybridized carbons (Fsp3) is 0.241. The van der Waals surface area contributed by atoms with Gasteiger partial charge in [-0.2, -0.15) is 0 Å². The zero-order valence-electron chi connectivity index (χ0n) is 21.4. The van der Waals surface area contributed by atoms with Crippen LogP contribution in [0, 0.1) is 5.92 Å². The van der Waals surface area contributed by atoms with Crippen molar-refractivity contribution in [2.45, 2.75) is 30.2 Å². The molecule has 1 saturated heterocycles. The van der Waals surface area contributed by atoms with Crippen molar-refractivity contribution in [1.29, 1.82) is 0 Å². The molecule has 2 aromatic carbocycles. The summed E-state index contributed by atoms with van der Waals surface area (Å²) in [6.07, 6.45) is 4.68. The number of furan rings is 1. The Morgan fingerprint density at radius 1 is 1.02 bits per heavy atom. The van der Waals surface area contributed by atoms with Crippen LogP contribution < -0.4 is 0 Å². The first-order chi connectivity index (χ1) is 19.5. The first kappa shape index (κ1) is 27.1. The van der Waals surface area contributed by atoms with E-state index < -0.39 is 0 Å². The number of thioether (sulfide) groups is 1. The molecule has 3 aromatic heterocycles. The van der Waals surface area contributed by atoms with Crippen molar-refractivity contribution in [2.24, 2.45) is 5.92 Å². The number of hydrogen-bond donors (Lipinski definition) is 0. The van der Waals surface area contributed by atoms with Crippen LogP contribution in [-0.2, 0) is 12.2 Å². The molecule has 1 aliphatic heterocycles. The zero-order chi connectivity index (χ0) is 27.5. The summed E-state index contributed by atoms with van der Waals surface area (Å²) < 4.78 is 7.47. The fourth-order valence-corrected chi connectivity index (χ4v) is 6.87. The summed E-state index contributed by atoms with van der Waals surface area (Å²) in [5, 5.41) is 13.0. The third-order valence-corrected chi connectivity index (χ3v) is 9.61. The van der Waals surface area contributed by atoms with Gasteiger partial charge in [-0.3, -0.25) is 9.36 Å². The van der Waals surface area contributed by atoms with Gasteiger partial charge in [0.1, 0.15) is 10.7 Å². The average Bonchev–Trinajstić information content (AvgIpc) is 3.75. The van der Waals surface area contributed by atoms with Gasteiger partial charge in [0.2, 0.25) is 5.82 Å². The minimum Gasteiger partial charge on any atom is -0.461 e. The van der Waals surface area contributed by atoms with Crippen LogP contribution in [0.25, 0.3) is 17.3 Å². The minimum atomic E-state index is 0.00439. The maximum Gasteiger partial charge on any atom is 0.273 e. The third kappa shape index (κ3) is 5.98. The molecule has 0 radical (unpaired) electrons. The number of likely N-dealkylation sites (tertiary alicyclic amines) is 1. The number of halogens is 2. The summed E-state index contributed by atoms with van der Waals surface area (Å²) in [4.78, 5) is 19.8. The van der Waals surface area contributed by atoms with Gasteiger partial charge in [0, 0.05) is 18.5 Å². The predicted molar refractivity (Wildman–Crippen MR) is 160 cm³/mol. The topological polar surface area (TPSA) is 77.0 Å². The van der Waals surface area contributed by atoms with Gasteiger partial charge in [-0.05, 0) is 61.1 Å². The molecule has 1 aliphatic rings. The molecule has 11 heteroatoms. The Morgan fingerprint density at radius 3 is 2.60 bits per heavy atom. The molecule has 6 rings (SSSR count). The minimum absolute atomic E-state index is 0.00439. The number of nitrogens with zero attached hydrogens (tertiary/aromatic N) is 5. The normalized spacial score (nSPS) is 14.1. The Labute approximate surface area is 250 Å². The summed E-state index contributed by atoms with van der Waals surface area (Å²) in [6.45, 7) is 1.53. The highest BCUT2D eigenvalue weighted by Crippen LogP contribution is 2.33. The lowest BCUT2D eigenvalue weighted by Gasteiger charge is -2.31. The quantitative estimate of drug-likeness (QED) is 0.168. The molecular formula is C29H25Cl2N5O2S2. The highest BCUT2D eigenvalue weighted by atomic mass is 35.5. The standard InChI is InChI=1S/C29H25Cl2N5O2S2/c30-22-9-8-21(16-23(22)31)36-27(25-7-4-14-38-25)33-34-29(36)40-18-26-32-24(17-39-26)28(37)35-12-10-20(11-13-35)15-19-5-2-1-3-6-19/h1-9,14,16-17,20H,10-13,15,18H2. The zero-order valence-corrected chi connectivity index (χ0v) is 24.5. The van der Waals surface area contributed by atoms with Crippen molar-refractivity contribution in [3.8, 4) is 17.3 Å². The fourth-order valence-electron chi connectivity index (χ4n) is 4.84. The van der Waals surface area contributed by atoms with Crippen LogP contribution in [0.5, 0.6) is 0 Å². The number of amides is 1. The molecule has 5 aromatic rings. The van der Waals surface area contributed by atoms with E-state index in [2.05, 4.69) is 39.4 Å². The van der Waals surface area contributed by atoms with Crippen molar-refractivity contribution in [1.82, 2.24) is 24.6 Å². The molecule has 204 valence electrons. The summed E-state index contributed by atoms with van der Waals surface area (Å²) in [7, 11) is 0. The van der Waals surface area contributed by atoms with Crippen LogP contribution in [0.1, 0.15) is 33.9 Å². The first-order valence-corrected chi connectivity index (χ1v) is 15.5. The number of hydrogen-bond acceptors (Lipinski definition) is 7. The Balaban J connectivity index is 1.12. The van der Waals surface area contributed by atoms with E-state index in [4.69, 9.17) is 27.6 Å². The van der Waals surface area contributed by atoms with E-state index in [1.165, 1.54) is 28.7 Å². The SMILES string of the molecule is O=C(c1csc(CSc2nnc(-c3ccco3)n2-c2ccc(Cl)c(Cl)c2)n1)N1CCC(Cc2ccccc2)CC1. The number of piperidine rings is 1. The van der Waals surface area contributed by atoms with Gasteiger partial charge in [0.15, 0.2) is 10.9 Å². The van der Waals surface area contributed by atoms with Crippen molar-refractivity contribution >= 4 is 52.2 Å². The van der Waals surface area contributed by atoms with Gasteiger partial charge in [0.25, 0.3) is 5.91 Å². The molecule has 0 aliphatic carbocycles. The van der Waals surface area contributed by atoms with E-state index >= 15 is 0 Å². The average molecular weight is 611 g/mol. The van der Waals surface area contributed by atoms with Gasteiger partial charge >= 0.3 is 0 Å².